The van der Waals surface area contributed by atoms with E-state index in [1.165, 1.54) is 4.68 Å². The number of rotatable bonds is 4. The molecule has 2 aromatic rings. The maximum absolute atomic E-state index is 9.12. The summed E-state index contributed by atoms with van der Waals surface area (Å²) >= 11 is 0. The van der Waals surface area contributed by atoms with Crippen LogP contribution in [-0.2, 0) is 6.61 Å². The minimum Gasteiger partial charge on any atom is -0.497 e. The van der Waals surface area contributed by atoms with Gasteiger partial charge in [-0.3, -0.25) is 0 Å². The average molecular weight is 236 g/mol. The zero-order valence-electron chi connectivity index (χ0n) is 9.49. The lowest BCUT2D eigenvalue weighted by Gasteiger charge is -2.10. The second-order valence-electron chi connectivity index (χ2n) is 3.20. The molecule has 0 atom stereocenters. The van der Waals surface area contributed by atoms with Crippen LogP contribution in [0, 0.1) is 0 Å². The molecule has 1 heterocycles. The summed E-state index contributed by atoms with van der Waals surface area (Å²) in [5.41, 5.74) is 0.612. The van der Waals surface area contributed by atoms with Gasteiger partial charge >= 0.3 is 0 Å². The Labute approximate surface area is 97.6 Å². The number of ether oxygens (including phenoxy) is 2. The van der Waals surface area contributed by atoms with Crippen molar-refractivity contribution < 1.29 is 14.6 Å². The molecule has 1 N–H and O–H groups in total. The van der Waals surface area contributed by atoms with Crippen LogP contribution in [0.5, 0.6) is 11.5 Å². The molecule has 0 saturated carbocycles. The highest BCUT2D eigenvalue weighted by Gasteiger charge is 2.13. The molecule has 7 nitrogen and oxygen atoms in total. The van der Waals surface area contributed by atoms with E-state index >= 15 is 0 Å². The Morgan fingerprint density at radius 3 is 2.76 bits per heavy atom. The summed E-state index contributed by atoms with van der Waals surface area (Å²) < 4.78 is 11.7. The van der Waals surface area contributed by atoms with Gasteiger partial charge in [-0.2, -0.15) is 4.68 Å². The van der Waals surface area contributed by atoms with Gasteiger partial charge in [-0.15, -0.1) is 5.10 Å². The minimum atomic E-state index is -0.257. The zero-order chi connectivity index (χ0) is 12.3. The summed E-state index contributed by atoms with van der Waals surface area (Å²) in [7, 11) is 3.12. The summed E-state index contributed by atoms with van der Waals surface area (Å²) in [5.74, 6) is 1.57. The molecule has 0 aliphatic rings. The SMILES string of the molecule is COc1ccc(OC)c(-n2nnnc2CO)c1. The molecule has 1 aromatic heterocycles. The Morgan fingerprint density at radius 1 is 1.29 bits per heavy atom. The maximum atomic E-state index is 9.12. The predicted molar refractivity (Wildman–Crippen MR) is 58.2 cm³/mol. The molecule has 0 bridgehead atoms. The second-order valence-corrected chi connectivity index (χ2v) is 3.20. The molecule has 90 valence electrons. The number of aliphatic hydroxyl groups is 1. The molecule has 0 amide bonds. The summed E-state index contributed by atoms with van der Waals surface area (Å²) in [6.07, 6.45) is 0. The molecular formula is C10H12N4O3. The Balaban J connectivity index is 2.56. The molecule has 7 heteroatoms. The Hall–Kier alpha value is -2.15. The van der Waals surface area contributed by atoms with E-state index in [2.05, 4.69) is 15.5 Å². The van der Waals surface area contributed by atoms with E-state index in [1.54, 1.807) is 32.4 Å². The van der Waals surface area contributed by atoms with Gasteiger partial charge in [0.2, 0.25) is 0 Å². The van der Waals surface area contributed by atoms with E-state index in [0.717, 1.165) is 0 Å². The quantitative estimate of drug-likeness (QED) is 0.815. The van der Waals surface area contributed by atoms with Crippen molar-refractivity contribution in [3.05, 3.63) is 24.0 Å². The fourth-order valence-electron chi connectivity index (χ4n) is 1.45. The first kappa shape index (κ1) is 11.3. The topological polar surface area (TPSA) is 82.3 Å². The molecule has 17 heavy (non-hydrogen) atoms. The summed E-state index contributed by atoms with van der Waals surface area (Å²) in [6.45, 7) is -0.257. The first-order valence-corrected chi connectivity index (χ1v) is 4.90. The minimum absolute atomic E-state index is 0.257. The van der Waals surface area contributed by atoms with Gasteiger partial charge in [0, 0.05) is 6.07 Å². The number of hydrogen-bond acceptors (Lipinski definition) is 6. The molecule has 0 aliphatic heterocycles. The third-order valence-electron chi connectivity index (χ3n) is 2.29. The summed E-state index contributed by atoms with van der Waals surface area (Å²) in [6, 6.07) is 5.25. The van der Waals surface area contributed by atoms with Gasteiger partial charge in [0.15, 0.2) is 5.82 Å². The third-order valence-corrected chi connectivity index (χ3v) is 2.29. The lowest BCUT2D eigenvalue weighted by atomic mass is 10.2. The molecular weight excluding hydrogens is 224 g/mol. The molecule has 0 spiro atoms. The van der Waals surface area contributed by atoms with E-state index in [0.29, 0.717) is 23.0 Å². The fraction of sp³-hybridized carbons (Fsp3) is 0.300. The van der Waals surface area contributed by atoms with E-state index < -0.39 is 0 Å². The number of nitrogens with zero attached hydrogens (tertiary/aromatic N) is 4. The van der Waals surface area contributed by atoms with E-state index in [4.69, 9.17) is 14.6 Å². The van der Waals surface area contributed by atoms with Crippen molar-refractivity contribution in [1.82, 2.24) is 20.2 Å². The van der Waals surface area contributed by atoms with Crippen LogP contribution in [0.3, 0.4) is 0 Å². The van der Waals surface area contributed by atoms with Gasteiger partial charge < -0.3 is 14.6 Å². The lowest BCUT2D eigenvalue weighted by Crippen LogP contribution is -2.05. The highest BCUT2D eigenvalue weighted by atomic mass is 16.5. The van der Waals surface area contributed by atoms with E-state index in [-0.39, 0.29) is 6.61 Å². The Bertz CT molecular complexity index is 512. The molecule has 2 rings (SSSR count). The van der Waals surface area contributed by atoms with Crippen molar-refractivity contribution in [3.63, 3.8) is 0 Å². The number of benzene rings is 1. The number of hydrogen-bond donors (Lipinski definition) is 1. The highest BCUT2D eigenvalue weighted by Crippen LogP contribution is 2.27. The molecule has 0 radical (unpaired) electrons. The standard InChI is InChI=1S/C10H12N4O3/c1-16-7-3-4-9(17-2)8(5-7)14-10(6-15)11-12-13-14/h3-5,15H,6H2,1-2H3. The van der Waals surface area contributed by atoms with Crippen LogP contribution in [0.15, 0.2) is 18.2 Å². The molecule has 1 aromatic carbocycles. The number of aliphatic hydroxyl groups excluding tert-OH is 1. The van der Waals surface area contributed by atoms with Crippen LogP contribution >= 0.6 is 0 Å². The van der Waals surface area contributed by atoms with E-state index in [9.17, 15) is 0 Å². The van der Waals surface area contributed by atoms with Crippen LogP contribution in [0.1, 0.15) is 5.82 Å². The van der Waals surface area contributed by atoms with Crippen LogP contribution < -0.4 is 9.47 Å². The van der Waals surface area contributed by atoms with Gasteiger partial charge in [-0.1, -0.05) is 0 Å². The lowest BCUT2D eigenvalue weighted by molar-refractivity contribution is 0.267. The number of tetrazole rings is 1. The number of aromatic nitrogens is 4. The van der Waals surface area contributed by atoms with Gasteiger partial charge in [0.25, 0.3) is 0 Å². The van der Waals surface area contributed by atoms with Gasteiger partial charge in [-0.25, -0.2) is 0 Å². The van der Waals surface area contributed by atoms with Crippen molar-refractivity contribution in [1.29, 1.82) is 0 Å². The average Bonchev–Trinajstić information content (AvgIpc) is 2.86. The normalized spacial score (nSPS) is 10.3. The molecule has 0 aliphatic carbocycles. The zero-order valence-corrected chi connectivity index (χ0v) is 9.49. The summed E-state index contributed by atoms with van der Waals surface area (Å²) in [5, 5.41) is 20.1. The Morgan fingerprint density at radius 2 is 2.12 bits per heavy atom. The smallest absolute Gasteiger partial charge is 0.182 e. The first-order chi connectivity index (χ1) is 8.30. The first-order valence-electron chi connectivity index (χ1n) is 4.90. The largest absolute Gasteiger partial charge is 0.497 e. The monoisotopic (exact) mass is 236 g/mol. The Kier molecular flexibility index (Phi) is 3.20. The number of methoxy groups -OCH3 is 2. The summed E-state index contributed by atoms with van der Waals surface area (Å²) in [4.78, 5) is 0. The van der Waals surface area contributed by atoms with Crippen molar-refractivity contribution >= 4 is 0 Å². The fourth-order valence-corrected chi connectivity index (χ4v) is 1.45. The van der Waals surface area contributed by atoms with Crippen LogP contribution in [0.2, 0.25) is 0 Å². The highest BCUT2D eigenvalue weighted by molar-refractivity contribution is 5.50. The van der Waals surface area contributed by atoms with Crippen molar-refractivity contribution in [2.24, 2.45) is 0 Å². The van der Waals surface area contributed by atoms with Crippen LogP contribution in [0.4, 0.5) is 0 Å². The van der Waals surface area contributed by atoms with Crippen LogP contribution in [0.25, 0.3) is 5.69 Å². The van der Waals surface area contributed by atoms with Gasteiger partial charge in [0.05, 0.1) is 14.2 Å². The predicted octanol–water partition coefficient (Wildman–Crippen LogP) is 0.172. The van der Waals surface area contributed by atoms with E-state index in [1.807, 2.05) is 0 Å². The third kappa shape index (κ3) is 2.04. The van der Waals surface area contributed by atoms with Crippen molar-refractivity contribution in [2.45, 2.75) is 6.61 Å². The molecule has 0 saturated heterocycles. The van der Waals surface area contributed by atoms with Crippen molar-refractivity contribution in [2.75, 3.05) is 14.2 Å². The molecule has 0 unspecified atom stereocenters. The maximum Gasteiger partial charge on any atom is 0.182 e. The van der Waals surface area contributed by atoms with Crippen molar-refractivity contribution in [3.8, 4) is 17.2 Å². The van der Waals surface area contributed by atoms with Gasteiger partial charge in [-0.05, 0) is 22.6 Å². The van der Waals surface area contributed by atoms with Gasteiger partial charge in [0.1, 0.15) is 23.8 Å². The molecule has 0 fully saturated rings. The second kappa shape index (κ2) is 4.79. The van der Waals surface area contributed by atoms with Crippen LogP contribution in [-0.4, -0.2) is 39.5 Å².